The minimum Gasteiger partial charge on any atom is -0.392 e. The van der Waals surface area contributed by atoms with Crippen LogP contribution in [0, 0.1) is 0 Å². The molecule has 0 aromatic rings. The van der Waals surface area contributed by atoms with Crippen molar-refractivity contribution in [3.63, 3.8) is 0 Å². The summed E-state index contributed by atoms with van der Waals surface area (Å²) < 4.78 is 0. The topological polar surface area (TPSA) is 49.3 Å². The number of rotatable bonds is 2. The molecule has 0 aliphatic rings. The van der Waals surface area contributed by atoms with Gasteiger partial charge in [-0.2, -0.15) is 0 Å². The zero-order valence-electron chi connectivity index (χ0n) is 4.72. The van der Waals surface area contributed by atoms with E-state index in [2.05, 4.69) is 5.32 Å². The normalized spacial score (nSPS) is 9.75. The van der Waals surface area contributed by atoms with Gasteiger partial charge in [0.1, 0.15) is 0 Å². The number of carbonyl (C=O) groups is 1. The van der Waals surface area contributed by atoms with Gasteiger partial charge in [0, 0.05) is 13.1 Å². The van der Waals surface area contributed by atoms with Crippen molar-refractivity contribution in [1.29, 1.82) is 0 Å². The van der Waals surface area contributed by atoms with E-state index in [0.29, 0.717) is 0 Å². The van der Waals surface area contributed by atoms with Crippen molar-refractivity contribution in [3.05, 3.63) is 12.2 Å². The molecule has 0 rings (SSSR count). The van der Waals surface area contributed by atoms with Crippen LogP contribution in [0.1, 0.15) is 0 Å². The van der Waals surface area contributed by atoms with Crippen molar-refractivity contribution < 1.29 is 9.90 Å². The predicted molar refractivity (Wildman–Crippen MR) is 30.3 cm³/mol. The minimum atomic E-state index is -0.195. The van der Waals surface area contributed by atoms with Gasteiger partial charge in [-0.25, -0.2) is 0 Å². The van der Waals surface area contributed by atoms with Crippen molar-refractivity contribution in [3.8, 4) is 0 Å². The molecule has 3 nitrogen and oxygen atoms in total. The van der Waals surface area contributed by atoms with Crippen LogP contribution in [0.15, 0.2) is 12.2 Å². The van der Waals surface area contributed by atoms with Gasteiger partial charge in [0.25, 0.3) is 0 Å². The highest BCUT2D eigenvalue weighted by Crippen LogP contribution is 1.68. The number of hydrogen-bond acceptors (Lipinski definition) is 2. The molecule has 0 spiro atoms. The number of carbonyl (C=O) groups excluding carboxylic acids is 1. The van der Waals surface area contributed by atoms with E-state index < -0.39 is 0 Å². The van der Waals surface area contributed by atoms with Crippen LogP contribution in [-0.4, -0.2) is 24.7 Å². The largest absolute Gasteiger partial charge is 0.392 e. The minimum absolute atomic E-state index is 0.0899. The maximum atomic E-state index is 10.3. The zero-order valence-corrected chi connectivity index (χ0v) is 4.72. The summed E-state index contributed by atoms with van der Waals surface area (Å²) in [5.74, 6) is -0.195. The third kappa shape index (κ3) is 3.36. The Morgan fingerprint density at radius 3 is 2.88 bits per heavy atom. The molecular formula is C5H9NO2. The molecule has 0 aliphatic heterocycles. The summed E-state index contributed by atoms with van der Waals surface area (Å²) >= 11 is 0. The predicted octanol–water partition coefficient (Wildman–Crippen LogP) is -0.719. The summed E-state index contributed by atoms with van der Waals surface area (Å²) in [6.45, 7) is -0.0899. The van der Waals surface area contributed by atoms with E-state index >= 15 is 0 Å². The lowest BCUT2D eigenvalue weighted by Crippen LogP contribution is -2.14. The van der Waals surface area contributed by atoms with E-state index in [4.69, 9.17) is 5.11 Å². The molecule has 0 unspecified atom stereocenters. The van der Waals surface area contributed by atoms with Crippen LogP contribution in [0.5, 0.6) is 0 Å². The van der Waals surface area contributed by atoms with Gasteiger partial charge >= 0.3 is 0 Å². The standard InChI is InChI=1S/C5H9NO2/c1-6-5(8)3-2-4-7/h2-3,7H,4H2,1H3,(H,6,8). The highest BCUT2D eigenvalue weighted by atomic mass is 16.2. The van der Waals surface area contributed by atoms with Crippen molar-refractivity contribution in [1.82, 2.24) is 5.32 Å². The summed E-state index contributed by atoms with van der Waals surface area (Å²) in [7, 11) is 1.53. The average Bonchev–Trinajstić information content (AvgIpc) is 1.83. The molecule has 3 heteroatoms. The molecule has 46 valence electrons. The Labute approximate surface area is 48.0 Å². The molecule has 0 saturated heterocycles. The summed E-state index contributed by atoms with van der Waals surface area (Å²) in [6.07, 6.45) is 2.65. The van der Waals surface area contributed by atoms with E-state index in [1.165, 1.54) is 19.2 Å². The van der Waals surface area contributed by atoms with E-state index in [-0.39, 0.29) is 12.5 Å². The van der Waals surface area contributed by atoms with Gasteiger partial charge in [0.15, 0.2) is 0 Å². The first-order chi connectivity index (χ1) is 3.81. The number of aliphatic hydroxyl groups is 1. The molecule has 0 aromatic heterocycles. The first-order valence-electron chi connectivity index (χ1n) is 2.30. The number of likely N-dealkylation sites (N-methyl/N-ethyl adjacent to an activating group) is 1. The Morgan fingerprint density at radius 2 is 2.50 bits per heavy atom. The fourth-order valence-electron chi connectivity index (χ4n) is 0.243. The van der Waals surface area contributed by atoms with Gasteiger partial charge in [0.2, 0.25) is 5.91 Å². The Bertz CT molecular complexity index is 98.6. The molecule has 0 bridgehead atoms. The Balaban J connectivity index is 3.37. The van der Waals surface area contributed by atoms with Gasteiger partial charge in [-0.05, 0) is 0 Å². The lowest BCUT2D eigenvalue weighted by atomic mass is 10.5. The van der Waals surface area contributed by atoms with Crippen LogP contribution < -0.4 is 5.32 Å². The second-order valence-corrected chi connectivity index (χ2v) is 1.20. The monoisotopic (exact) mass is 115 g/mol. The van der Waals surface area contributed by atoms with Gasteiger partial charge in [-0.1, -0.05) is 6.08 Å². The van der Waals surface area contributed by atoms with Crippen LogP contribution in [0.4, 0.5) is 0 Å². The lowest BCUT2D eigenvalue weighted by Gasteiger charge is -1.85. The Hall–Kier alpha value is -0.830. The summed E-state index contributed by atoms with van der Waals surface area (Å²) in [5, 5.41) is 10.5. The average molecular weight is 115 g/mol. The number of nitrogens with one attached hydrogen (secondary N) is 1. The van der Waals surface area contributed by atoms with Gasteiger partial charge in [-0.3, -0.25) is 4.79 Å². The maximum Gasteiger partial charge on any atom is 0.243 e. The maximum absolute atomic E-state index is 10.3. The Kier molecular flexibility index (Phi) is 3.88. The SMILES string of the molecule is CNC(=O)C=CCO. The van der Waals surface area contributed by atoms with Crippen LogP contribution in [0.2, 0.25) is 0 Å². The fourth-order valence-corrected chi connectivity index (χ4v) is 0.243. The molecule has 8 heavy (non-hydrogen) atoms. The van der Waals surface area contributed by atoms with Crippen molar-refractivity contribution in [2.45, 2.75) is 0 Å². The summed E-state index contributed by atoms with van der Waals surface area (Å²) in [5.41, 5.74) is 0. The van der Waals surface area contributed by atoms with Crippen molar-refractivity contribution in [2.75, 3.05) is 13.7 Å². The van der Waals surface area contributed by atoms with Gasteiger partial charge < -0.3 is 10.4 Å². The van der Waals surface area contributed by atoms with Crippen LogP contribution in [0.3, 0.4) is 0 Å². The quantitative estimate of drug-likeness (QED) is 0.467. The molecule has 1 amide bonds. The molecule has 0 radical (unpaired) electrons. The smallest absolute Gasteiger partial charge is 0.243 e. The van der Waals surface area contributed by atoms with Crippen molar-refractivity contribution in [2.24, 2.45) is 0 Å². The lowest BCUT2D eigenvalue weighted by molar-refractivity contribution is -0.116. The third-order valence-electron chi connectivity index (χ3n) is 0.621. The number of amides is 1. The fraction of sp³-hybridized carbons (Fsp3) is 0.400. The van der Waals surface area contributed by atoms with Gasteiger partial charge in [0.05, 0.1) is 6.61 Å². The summed E-state index contributed by atoms with van der Waals surface area (Å²) in [4.78, 5) is 10.3. The molecular weight excluding hydrogens is 106 g/mol. The zero-order chi connectivity index (χ0) is 6.41. The van der Waals surface area contributed by atoms with Gasteiger partial charge in [-0.15, -0.1) is 0 Å². The first kappa shape index (κ1) is 7.17. The molecule has 0 aliphatic carbocycles. The van der Waals surface area contributed by atoms with E-state index in [0.717, 1.165) is 0 Å². The first-order valence-corrected chi connectivity index (χ1v) is 2.30. The molecule has 0 atom stereocenters. The second kappa shape index (κ2) is 4.33. The molecule has 0 heterocycles. The molecule has 0 saturated carbocycles. The van der Waals surface area contributed by atoms with Crippen LogP contribution >= 0.6 is 0 Å². The molecule has 0 aromatic carbocycles. The van der Waals surface area contributed by atoms with Crippen LogP contribution in [-0.2, 0) is 4.79 Å². The second-order valence-electron chi connectivity index (χ2n) is 1.20. The van der Waals surface area contributed by atoms with Crippen LogP contribution in [0.25, 0.3) is 0 Å². The summed E-state index contributed by atoms with van der Waals surface area (Å²) in [6, 6.07) is 0. The van der Waals surface area contributed by atoms with E-state index in [9.17, 15) is 4.79 Å². The highest BCUT2D eigenvalue weighted by molar-refractivity contribution is 5.87. The molecule has 2 N–H and O–H groups in total. The molecule has 0 fully saturated rings. The Morgan fingerprint density at radius 1 is 1.88 bits per heavy atom. The van der Waals surface area contributed by atoms with E-state index in [1.54, 1.807) is 0 Å². The number of hydrogen-bond donors (Lipinski definition) is 2. The van der Waals surface area contributed by atoms with E-state index in [1.807, 2.05) is 0 Å². The number of aliphatic hydroxyl groups excluding tert-OH is 1. The highest BCUT2D eigenvalue weighted by Gasteiger charge is 1.83. The third-order valence-corrected chi connectivity index (χ3v) is 0.621. The van der Waals surface area contributed by atoms with Crippen molar-refractivity contribution >= 4 is 5.91 Å².